The number of halogens is 1. The SMILES string of the molecule is CCCOc1nc(Cl)nc(N(C)Cc2cccnc2)n1. The molecule has 0 saturated carbocycles. The number of anilines is 1. The van der Waals surface area contributed by atoms with Gasteiger partial charge in [0, 0.05) is 26.0 Å². The summed E-state index contributed by atoms with van der Waals surface area (Å²) in [5, 5.41) is 0.124. The van der Waals surface area contributed by atoms with Gasteiger partial charge >= 0.3 is 6.01 Å². The molecule has 0 radical (unpaired) electrons. The third kappa shape index (κ3) is 4.03. The Morgan fingerprint density at radius 3 is 2.85 bits per heavy atom. The second kappa shape index (κ2) is 7.00. The highest BCUT2D eigenvalue weighted by atomic mass is 35.5. The minimum atomic E-state index is 0.124. The first-order valence-corrected chi connectivity index (χ1v) is 6.71. The van der Waals surface area contributed by atoms with Crippen molar-refractivity contribution in [3.05, 3.63) is 35.4 Å². The van der Waals surface area contributed by atoms with E-state index in [1.807, 2.05) is 31.0 Å². The first kappa shape index (κ1) is 14.5. The lowest BCUT2D eigenvalue weighted by Crippen LogP contribution is -2.20. The zero-order valence-electron chi connectivity index (χ0n) is 11.5. The number of ether oxygens (including phenoxy) is 1. The zero-order chi connectivity index (χ0) is 14.4. The van der Waals surface area contributed by atoms with Crippen LogP contribution in [0.15, 0.2) is 24.5 Å². The fraction of sp³-hybridized carbons (Fsp3) is 0.385. The Balaban J connectivity index is 2.12. The molecule has 0 spiro atoms. The van der Waals surface area contributed by atoms with E-state index in [1.165, 1.54) is 0 Å². The van der Waals surface area contributed by atoms with Gasteiger partial charge in [0.15, 0.2) is 0 Å². The summed E-state index contributed by atoms with van der Waals surface area (Å²) in [5.41, 5.74) is 1.06. The van der Waals surface area contributed by atoms with Crippen molar-refractivity contribution in [3.8, 4) is 6.01 Å². The molecule has 0 N–H and O–H groups in total. The normalized spacial score (nSPS) is 10.3. The topological polar surface area (TPSA) is 64.0 Å². The first-order valence-electron chi connectivity index (χ1n) is 6.33. The number of pyridine rings is 1. The van der Waals surface area contributed by atoms with Gasteiger partial charge in [-0.05, 0) is 29.7 Å². The van der Waals surface area contributed by atoms with Crippen molar-refractivity contribution < 1.29 is 4.74 Å². The van der Waals surface area contributed by atoms with Crippen LogP contribution in [-0.4, -0.2) is 33.6 Å². The van der Waals surface area contributed by atoms with E-state index in [2.05, 4.69) is 19.9 Å². The average Bonchev–Trinajstić information content (AvgIpc) is 2.45. The van der Waals surface area contributed by atoms with Gasteiger partial charge in [0.05, 0.1) is 6.61 Å². The minimum absolute atomic E-state index is 0.124. The Kier molecular flexibility index (Phi) is 5.06. The molecule has 0 unspecified atom stereocenters. The van der Waals surface area contributed by atoms with Crippen LogP contribution < -0.4 is 9.64 Å². The van der Waals surface area contributed by atoms with Gasteiger partial charge in [-0.2, -0.15) is 15.0 Å². The summed E-state index contributed by atoms with van der Waals surface area (Å²) in [7, 11) is 1.88. The Morgan fingerprint density at radius 1 is 1.30 bits per heavy atom. The molecule has 0 aliphatic heterocycles. The van der Waals surface area contributed by atoms with Gasteiger partial charge in [0.25, 0.3) is 0 Å². The van der Waals surface area contributed by atoms with Crippen molar-refractivity contribution in [3.63, 3.8) is 0 Å². The minimum Gasteiger partial charge on any atom is -0.463 e. The fourth-order valence-corrected chi connectivity index (χ4v) is 1.73. The Bertz CT molecular complexity index is 552. The monoisotopic (exact) mass is 293 g/mol. The second-order valence-electron chi connectivity index (χ2n) is 4.25. The fourth-order valence-electron chi connectivity index (χ4n) is 1.59. The molecule has 0 atom stereocenters. The lowest BCUT2D eigenvalue weighted by Gasteiger charge is -2.17. The summed E-state index contributed by atoms with van der Waals surface area (Å²) >= 11 is 5.89. The van der Waals surface area contributed by atoms with Crippen LogP contribution in [0.1, 0.15) is 18.9 Å². The molecule has 0 saturated heterocycles. The van der Waals surface area contributed by atoms with Crippen molar-refractivity contribution in [2.24, 2.45) is 0 Å². The van der Waals surface area contributed by atoms with Gasteiger partial charge in [0.1, 0.15) is 0 Å². The summed E-state index contributed by atoms with van der Waals surface area (Å²) in [4.78, 5) is 18.2. The molecule has 0 fully saturated rings. The van der Waals surface area contributed by atoms with Gasteiger partial charge < -0.3 is 9.64 Å². The van der Waals surface area contributed by atoms with Crippen LogP contribution in [0, 0.1) is 0 Å². The third-order valence-corrected chi connectivity index (χ3v) is 2.66. The van der Waals surface area contributed by atoms with Crippen molar-refractivity contribution >= 4 is 17.5 Å². The number of aromatic nitrogens is 4. The molecule has 0 aliphatic rings. The van der Waals surface area contributed by atoms with Gasteiger partial charge in [-0.1, -0.05) is 13.0 Å². The summed E-state index contributed by atoms with van der Waals surface area (Å²) < 4.78 is 5.39. The average molecular weight is 294 g/mol. The molecule has 2 heterocycles. The van der Waals surface area contributed by atoms with Crippen molar-refractivity contribution in [1.82, 2.24) is 19.9 Å². The summed E-state index contributed by atoms with van der Waals surface area (Å²) in [6.07, 6.45) is 4.41. The summed E-state index contributed by atoms with van der Waals surface area (Å²) in [5.74, 6) is 0.472. The Morgan fingerprint density at radius 2 is 2.15 bits per heavy atom. The number of nitrogens with zero attached hydrogens (tertiary/aromatic N) is 5. The molecule has 2 aromatic rings. The highest BCUT2D eigenvalue weighted by Crippen LogP contribution is 2.16. The molecule has 106 valence electrons. The summed E-state index contributed by atoms with van der Waals surface area (Å²) in [6, 6.07) is 4.13. The quantitative estimate of drug-likeness (QED) is 0.814. The van der Waals surface area contributed by atoms with Crippen LogP contribution in [0.3, 0.4) is 0 Å². The Labute approximate surface area is 122 Å². The van der Waals surface area contributed by atoms with Crippen LogP contribution in [0.2, 0.25) is 5.28 Å². The molecular weight excluding hydrogens is 278 g/mol. The number of hydrogen-bond donors (Lipinski definition) is 0. The second-order valence-corrected chi connectivity index (χ2v) is 4.59. The first-order chi connectivity index (χ1) is 9.69. The molecule has 6 nitrogen and oxygen atoms in total. The highest BCUT2D eigenvalue weighted by Gasteiger charge is 2.10. The van der Waals surface area contributed by atoms with Crippen molar-refractivity contribution in [1.29, 1.82) is 0 Å². The maximum Gasteiger partial charge on any atom is 0.322 e. The van der Waals surface area contributed by atoms with Crippen LogP contribution in [-0.2, 0) is 6.54 Å². The van der Waals surface area contributed by atoms with Gasteiger partial charge in [0.2, 0.25) is 11.2 Å². The van der Waals surface area contributed by atoms with Crippen LogP contribution in [0.5, 0.6) is 6.01 Å². The van der Waals surface area contributed by atoms with Crippen molar-refractivity contribution in [2.75, 3.05) is 18.6 Å². The van der Waals surface area contributed by atoms with Gasteiger partial charge in [-0.3, -0.25) is 4.98 Å². The number of rotatable bonds is 6. The third-order valence-electron chi connectivity index (χ3n) is 2.50. The highest BCUT2D eigenvalue weighted by molar-refractivity contribution is 6.28. The lowest BCUT2D eigenvalue weighted by molar-refractivity contribution is 0.291. The van der Waals surface area contributed by atoms with Crippen LogP contribution >= 0.6 is 11.6 Å². The molecule has 0 aromatic carbocycles. The van der Waals surface area contributed by atoms with Crippen molar-refractivity contribution in [2.45, 2.75) is 19.9 Å². The van der Waals surface area contributed by atoms with Gasteiger partial charge in [-0.25, -0.2) is 0 Å². The lowest BCUT2D eigenvalue weighted by atomic mass is 10.3. The molecule has 0 amide bonds. The maximum absolute atomic E-state index is 5.89. The summed E-state index contributed by atoms with van der Waals surface area (Å²) in [6.45, 7) is 3.19. The van der Waals surface area contributed by atoms with E-state index < -0.39 is 0 Å². The smallest absolute Gasteiger partial charge is 0.322 e. The van der Waals surface area contributed by atoms with Crippen LogP contribution in [0.4, 0.5) is 5.95 Å². The van der Waals surface area contributed by atoms with E-state index in [9.17, 15) is 0 Å². The largest absolute Gasteiger partial charge is 0.463 e. The molecule has 7 heteroatoms. The zero-order valence-corrected chi connectivity index (χ0v) is 12.2. The van der Waals surface area contributed by atoms with E-state index in [0.717, 1.165) is 12.0 Å². The molecule has 2 aromatic heterocycles. The molecule has 2 rings (SSSR count). The Hall–Kier alpha value is -1.95. The van der Waals surface area contributed by atoms with Gasteiger partial charge in [-0.15, -0.1) is 0 Å². The van der Waals surface area contributed by atoms with E-state index >= 15 is 0 Å². The standard InChI is InChI=1S/C13H16ClN5O/c1-3-7-20-13-17-11(14)16-12(18-13)19(2)9-10-5-4-6-15-8-10/h4-6,8H,3,7,9H2,1-2H3. The maximum atomic E-state index is 5.89. The predicted octanol–water partition coefficient (Wildman–Crippen LogP) is 2.35. The molecular formula is C13H16ClN5O. The predicted molar refractivity (Wildman–Crippen MR) is 77.0 cm³/mol. The van der Waals surface area contributed by atoms with E-state index in [-0.39, 0.29) is 11.3 Å². The van der Waals surface area contributed by atoms with E-state index in [0.29, 0.717) is 19.1 Å². The molecule has 0 aliphatic carbocycles. The number of hydrogen-bond acceptors (Lipinski definition) is 6. The molecule has 20 heavy (non-hydrogen) atoms. The van der Waals surface area contributed by atoms with Crippen LogP contribution in [0.25, 0.3) is 0 Å². The van der Waals surface area contributed by atoms with E-state index in [4.69, 9.17) is 16.3 Å². The van der Waals surface area contributed by atoms with E-state index in [1.54, 1.807) is 12.4 Å². The molecule has 0 bridgehead atoms.